The zero-order chi connectivity index (χ0) is 17.2. The predicted molar refractivity (Wildman–Crippen MR) is 95.7 cm³/mol. The van der Waals surface area contributed by atoms with Crippen LogP contribution in [-0.2, 0) is 0 Å². The lowest BCUT2D eigenvalue weighted by atomic mass is 9.99. The number of ether oxygens (including phenoxy) is 1. The molecule has 1 aliphatic rings. The molecule has 3 aromatic rings. The van der Waals surface area contributed by atoms with Gasteiger partial charge < -0.3 is 9.64 Å². The van der Waals surface area contributed by atoms with Crippen LogP contribution in [0, 0.1) is 12.8 Å². The van der Waals surface area contributed by atoms with Gasteiger partial charge in [-0.25, -0.2) is 15.0 Å². The molecule has 1 atom stereocenters. The minimum atomic E-state index is 0.395. The summed E-state index contributed by atoms with van der Waals surface area (Å²) in [6.07, 6.45) is 9.27. The van der Waals surface area contributed by atoms with Gasteiger partial charge >= 0.3 is 6.01 Å². The lowest BCUT2D eigenvalue weighted by Crippen LogP contribution is -2.38. The number of piperidine rings is 1. The Morgan fingerprint density at radius 3 is 2.92 bits per heavy atom. The molecule has 4 heterocycles. The molecule has 1 aliphatic heterocycles. The SMILES string of the molecule is Cc1nnc2c(N3CCCC(COc4ncc(Br)cn4)C3)nccn12. The third-order valence-corrected chi connectivity index (χ3v) is 4.75. The summed E-state index contributed by atoms with van der Waals surface area (Å²) >= 11 is 3.32. The topological polar surface area (TPSA) is 81.3 Å². The fraction of sp³-hybridized carbons (Fsp3) is 0.438. The van der Waals surface area contributed by atoms with Gasteiger partial charge in [0.1, 0.15) is 5.82 Å². The highest BCUT2D eigenvalue weighted by molar-refractivity contribution is 9.10. The Morgan fingerprint density at radius 1 is 1.24 bits per heavy atom. The normalized spacial score (nSPS) is 17.8. The van der Waals surface area contributed by atoms with Crippen LogP contribution in [0.4, 0.5) is 5.82 Å². The first-order valence-electron chi connectivity index (χ1n) is 8.22. The summed E-state index contributed by atoms with van der Waals surface area (Å²) < 4.78 is 8.56. The van der Waals surface area contributed by atoms with E-state index < -0.39 is 0 Å². The summed E-state index contributed by atoms with van der Waals surface area (Å²) in [7, 11) is 0. The molecule has 4 rings (SSSR count). The molecule has 0 amide bonds. The quantitative estimate of drug-likeness (QED) is 0.660. The van der Waals surface area contributed by atoms with Crippen LogP contribution in [0.15, 0.2) is 29.3 Å². The van der Waals surface area contributed by atoms with Crippen molar-refractivity contribution >= 4 is 27.4 Å². The molecule has 130 valence electrons. The van der Waals surface area contributed by atoms with Crippen molar-refractivity contribution in [1.29, 1.82) is 0 Å². The maximum Gasteiger partial charge on any atom is 0.316 e. The number of nitrogens with zero attached hydrogens (tertiary/aromatic N) is 7. The lowest BCUT2D eigenvalue weighted by Gasteiger charge is -2.33. The summed E-state index contributed by atoms with van der Waals surface area (Å²) in [5.74, 6) is 2.14. The maximum atomic E-state index is 5.75. The standard InChI is InChI=1S/C16H18BrN7O/c1-11-21-22-15-14(18-4-6-24(11)15)23-5-2-3-12(9-23)10-25-16-19-7-13(17)8-20-16/h4,6-8,12H,2-3,5,9-10H2,1H3. The van der Waals surface area contributed by atoms with Crippen molar-refractivity contribution in [1.82, 2.24) is 29.5 Å². The first-order valence-corrected chi connectivity index (χ1v) is 9.01. The van der Waals surface area contributed by atoms with Gasteiger partial charge in [-0.3, -0.25) is 4.40 Å². The van der Waals surface area contributed by atoms with E-state index in [1.165, 1.54) is 0 Å². The van der Waals surface area contributed by atoms with Gasteiger partial charge in [0.15, 0.2) is 5.82 Å². The number of rotatable bonds is 4. The minimum absolute atomic E-state index is 0.395. The van der Waals surface area contributed by atoms with Crippen molar-refractivity contribution in [3.8, 4) is 6.01 Å². The molecule has 0 N–H and O–H groups in total. The van der Waals surface area contributed by atoms with Crippen molar-refractivity contribution in [2.24, 2.45) is 5.92 Å². The van der Waals surface area contributed by atoms with Gasteiger partial charge in [0.05, 0.1) is 11.1 Å². The van der Waals surface area contributed by atoms with Crippen molar-refractivity contribution in [3.05, 3.63) is 35.1 Å². The monoisotopic (exact) mass is 403 g/mol. The van der Waals surface area contributed by atoms with Crippen LogP contribution >= 0.6 is 15.9 Å². The molecular formula is C16H18BrN7O. The highest BCUT2D eigenvalue weighted by Gasteiger charge is 2.24. The predicted octanol–water partition coefficient (Wildman–Crippen LogP) is 2.28. The second-order valence-electron chi connectivity index (χ2n) is 6.14. The Kier molecular flexibility index (Phi) is 4.48. The third-order valence-electron chi connectivity index (χ3n) is 4.34. The van der Waals surface area contributed by atoms with E-state index in [9.17, 15) is 0 Å². The molecule has 0 radical (unpaired) electrons. The zero-order valence-electron chi connectivity index (χ0n) is 13.8. The van der Waals surface area contributed by atoms with Gasteiger partial charge in [0.2, 0.25) is 5.65 Å². The molecule has 0 bridgehead atoms. The van der Waals surface area contributed by atoms with E-state index in [2.05, 4.69) is 46.0 Å². The van der Waals surface area contributed by atoms with E-state index in [0.717, 1.165) is 47.7 Å². The average molecular weight is 404 g/mol. The first kappa shape index (κ1) is 16.2. The van der Waals surface area contributed by atoms with Crippen molar-refractivity contribution in [2.45, 2.75) is 19.8 Å². The van der Waals surface area contributed by atoms with Gasteiger partial charge in [-0.2, -0.15) is 0 Å². The van der Waals surface area contributed by atoms with Crippen LogP contribution in [0.3, 0.4) is 0 Å². The number of fused-ring (bicyclic) bond motifs is 1. The zero-order valence-corrected chi connectivity index (χ0v) is 15.4. The second-order valence-corrected chi connectivity index (χ2v) is 7.06. The van der Waals surface area contributed by atoms with Crippen molar-refractivity contribution in [2.75, 3.05) is 24.6 Å². The molecule has 9 heteroatoms. The number of aromatic nitrogens is 6. The fourth-order valence-corrected chi connectivity index (χ4v) is 3.32. The van der Waals surface area contributed by atoms with Gasteiger partial charge in [0, 0.05) is 43.8 Å². The van der Waals surface area contributed by atoms with Crippen molar-refractivity contribution in [3.63, 3.8) is 0 Å². The lowest BCUT2D eigenvalue weighted by molar-refractivity contribution is 0.214. The van der Waals surface area contributed by atoms with E-state index in [-0.39, 0.29) is 0 Å². The summed E-state index contributed by atoms with van der Waals surface area (Å²) in [5, 5.41) is 8.43. The molecule has 1 fully saturated rings. The van der Waals surface area contributed by atoms with E-state index in [4.69, 9.17) is 4.74 Å². The van der Waals surface area contributed by atoms with Gasteiger partial charge in [0.25, 0.3) is 0 Å². The van der Waals surface area contributed by atoms with Crippen LogP contribution in [0.5, 0.6) is 6.01 Å². The number of hydrogen-bond acceptors (Lipinski definition) is 7. The number of halogens is 1. The number of anilines is 1. The maximum absolute atomic E-state index is 5.75. The molecule has 0 saturated carbocycles. The molecule has 0 aliphatic carbocycles. The molecule has 25 heavy (non-hydrogen) atoms. The molecule has 3 aromatic heterocycles. The van der Waals surface area contributed by atoms with E-state index >= 15 is 0 Å². The highest BCUT2D eigenvalue weighted by atomic mass is 79.9. The molecule has 0 spiro atoms. The number of hydrogen-bond donors (Lipinski definition) is 0. The molecule has 1 unspecified atom stereocenters. The number of aryl methyl sites for hydroxylation is 1. The van der Waals surface area contributed by atoms with Crippen molar-refractivity contribution < 1.29 is 4.74 Å². The van der Waals surface area contributed by atoms with E-state index in [1.54, 1.807) is 18.6 Å². The minimum Gasteiger partial charge on any atom is -0.463 e. The van der Waals surface area contributed by atoms with Crippen LogP contribution in [0.2, 0.25) is 0 Å². The summed E-state index contributed by atoms with van der Waals surface area (Å²) in [5.41, 5.74) is 0.804. The molecular weight excluding hydrogens is 386 g/mol. The Bertz CT molecular complexity index is 867. The largest absolute Gasteiger partial charge is 0.463 e. The highest BCUT2D eigenvalue weighted by Crippen LogP contribution is 2.25. The molecule has 8 nitrogen and oxygen atoms in total. The second kappa shape index (κ2) is 6.91. The van der Waals surface area contributed by atoms with Gasteiger partial charge in [-0.1, -0.05) is 0 Å². The van der Waals surface area contributed by atoms with Gasteiger partial charge in [-0.15, -0.1) is 10.2 Å². The summed E-state index contributed by atoms with van der Waals surface area (Å²) in [6, 6.07) is 0.411. The Hall–Kier alpha value is -2.29. The van der Waals surface area contributed by atoms with Crippen LogP contribution in [0.1, 0.15) is 18.7 Å². The van der Waals surface area contributed by atoms with Crippen LogP contribution in [0.25, 0.3) is 5.65 Å². The Morgan fingerprint density at radius 2 is 2.08 bits per heavy atom. The molecule has 0 aromatic carbocycles. The van der Waals surface area contributed by atoms with Gasteiger partial charge in [-0.05, 0) is 35.7 Å². The van der Waals surface area contributed by atoms with E-state index in [1.807, 2.05) is 17.5 Å². The fourth-order valence-electron chi connectivity index (χ4n) is 3.11. The third kappa shape index (κ3) is 3.41. The Labute approximate surface area is 153 Å². The first-order chi connectivity index (χ1) is 12.2. The summed E-state index contributed by atoms with van der Waals surface area (Å²) in [6.45, 7) is 4.36. The summed E-state index contributed by atoms with van der Waals surface area (Å²) in [4.78, 5) is 15.1. The van der Waals surface area contributed by atoms with Crippen LogP contribution in [-0.4, -0.2) is 49.2 Å². The van der Waals surface area contributed by atoms with E-state index in [0.29, 0.717) is 18.5 Å². The smallest absolute Gasteiger partial charge is 0.316 e. The molecule has 1 saturated heterocycles. The van der Waals surface area contributed by atoms with Crippen LogP contribution < -0.4 is 9.64 Å². The Balaban J connectivity index is 1.46. The average Bonchev–Trinajstić information content (AvgIpc) is 3.03.